The predicted molar refractivity (Wildman–Crippen MR) is 433 cm³/mol. The smallest absolute Gasteiger partial charge is 0.217 e. The largest absolute Gasteiger partial charge is 0.507 e. The van der Waals surface area contributed by atoms with Crippen LogP contribution in [0.1, 0.15) is 121 Å². The number of fused-ring (bicyclic) bond motifs is 9. The second-order valence-electron chi connectivity index (χ2n) is 27.5. The topological polar surface area (TPSA) is 79.4 Å². The van der Waals surface area contributed by atoms with Gasteiger partial charge in [-0.05, 0) is 194 Å². The van der Waals surface area contributed by atoms with Crippen LogP contribution in [0.15, 0.2) is 237 Å². The van der Waals surface area contributed by atoms with Crippen molar-refractivity contribution in [2.75, 3.05) is 75.1 Å². The second kappa shape index (κ2) is 30.9. The first-order valence-corrected chi connectivity index (χ1v) is 36.3. The van der Waals surface area contributed by atoms with Crippen LogP contribution in [0.2, 0.25) is 0 Å². The summed E-state index contributed by atoms with van der Waals surface area (Å²) in [5.41, 5.74) is 17.9. The molecule has 9 nitrogen and oxygen atoms in total. The lowest BCUT2D eigenvalue weighted by Crippen LogP contribution is -2.33. The molecule has 101 heavy (non-hydrogen) atoms. The van der Waals surface area contributed by atoms with E-state index in [1.165, 1.54) is 88.8 Å². The van der Waals surface area contributed by atoms with Crippen molar-refractivity contribution in [3.8, 4) is 17.2 Å². The molecule has 10 aromatic carbocycles. The Labute approximate surface area is 600 Å². The van der Waals surface area contributed by atoms with Crippen molar-refractivity contribution in [3.63, 3.8) is 0 Å². The molecule has 516 valence electrons. The Morgan fingerprint density at radius 3 is 1.19 bits per heavy atom. The Morgan fingerprint density at radius 2 is 0.772 bits per heavy atom. The summed E-state index contributed by atoms with van der Waals surface area (Å²) in [5, 5.41) is 39.9. The van der Waals surface area contributed by atoms with Crippen LogP contribution in [-0.4, -0.2) is 107 Å². The van der Waals surface area contributed by atoms with E-state index in [0.29, 0.717) is 17.2 Å². The quantitative estimate of drug-likeness (QED) is 0.0491. The monoisotopic (exact) mass is 1340 g/mol. The molecular weight excluding hydrogens is 1240 g/mol. The molecule has 0 amide bonds. The van der Waals surface area contributed by atoms with Crippen molar-refractivity contribution in [2.45, 2.75) is 105 Å². The van der Waals surface area contributed by atoms with E-state index in [4.69, 9.17) is 0 Å². The SMILES string of the molecule is C/C=C/CC1(C)C(/C=C/c2ccc(N(CC)CC)cc2O)=[N+](C)c2c1ccc1ccccc21.C=CCC1(C)C(/C=C/c2ccc(N(CC)CC)cc2O)=[N+](C)c2ccc3ccccc3c21.CCN(CC)c1ccc(/C=C/C2=[N+](C)c3ccc4ccccc4c3C2(C)Cc2ccccc2)c(O)c1. The molecule has 13 rings (SSSR count). The highest BCUT2D eigenvalue weighted by atomic mass is 16.3. The maximum absolute atomic E-state index is 10.9. The molecule has 0 saturated heterocycles. The van der Waals surface area contributed by atoms with Crippen LogP contribution in [0.4, 0.5) is 34.1 Å². The van der Waals surface area contributed by atoms with Gasteiger partial charge in [-0.3, -0.25) is 0 Å². The van der Waals surface area contributed by atoms with Crippen LogP contribution in [-0.2, 0) is 22.7 Å². The Balaban J connectivity index is 0.000000153. The van der Waals surface area contributed by atoms with E-state index in [9.17, 15) is 15.3 Å². The van der Waals surface area contributed by atoms with E-state index in [-0.39, 0.29) is 16.2 Å². The van der Waals surface area contributed by atoms with Crippen LogP contribution >= 0.6 is 0 Å². The Morgan fingerprint density at radius 1 is 0.396 bits per heavy atom. The lowest BCUT2D eigenvalue weighted by Gasteiger charge is -2.24. The fourth-order valence-electron chi connectivity index (χ4n) is 16.2. The first kappa shape index (κ1) is 71.8. The minimum absolute atomic E-state index is 0.145. The highest BCUT2D eigenvalue weighted by molar-refractivity contribution is 6.12. The first-order chi connectivity index (χ1) is 48.8. The summed E-state index contributed by atoms with van der Waals surface area (Å²) in [4.78, 5) is 6.71. The molecule has 0 bridgehead atoms. The summed E-state index contributed by atoms with van der Waals surface area (Å²) in [6, 6.07) is 67.9. The minimum atomic E-state index is -0.223. The van der Waals surface area contributed by atoms with Gasteiger partial charge in [0.2, 0.25) is 17.1 Å². The van der Waals surface area contributed by atoms with Gasteiger partial charge in [0.25, 0.3) is 0 Å². The molecule has 3 heterocycles. The molecule has 10 aromatic rings. The van der Waals surface area contributed by atoms with Gasteiger partial charge in [-0.15, -0.1) is 6.58 Å². The number of rotatable bonds is 21. The lowest BCUT2D eigenvalue weighted by atomic mass is 9.73. The van der Waals surface area contributed by atoms with Gasteiger partial charge < -0.3 is 30.0 Å². The number of nitrogens with zero attached hydrogens (tertiary/aromatic N) is 6. The molecule has 9 heteroatoms. The molecule has 3 aliphatic heterocycles. The van der Waals surface area contributed by atoms with Gasteiger partial charge in [0, 0.05) is 138 Å². The molecule has 0 saturated carbocycles. The third-order valence-corrected chi connectivity index (χ3v) is 21.7. The van der Waals surface area contributed by atoms with Gasteiger partial charge in [-0.1, -0.05) is 127 Å². The van der Waals surface area contributed by atoms with E-state index < -0.39 is 0 Å². The number of phenols is 3. The van der Waals surface area contributed by atoms with Crippen molar-refractivity contribution in [2.24, 2.45) is 0 Å². The second-order valence-corrected chi connectivity index (χ2v) is 27.5. The normalized spacial score (nSPS) is 17.7. The molecular formula is C92H103N6O3+3. The number of benzene rings is 10. The summed E-state index contributed by atoms with van der Waals surface area (Å²) in [6.07, 6.45) is 21.7. The fraction of sp³-hybridized carbons (Fsp3) is 0.272. The third kappa shape index (κ3) is 14.0. The Hall–Kier alpha value is -10.5. The summed E-state index contributed by atoms with van der Waals surface area (Å²) < 4.78 is 6.94. The Kier molecular flexibility index (Phi) is 22.0. The zero-order valence-corrected chi connectivity index (χ0v) is 61.8. The van der Waals surface area contributed by atoms with Gasteiger partial charge in [-0.2, -0.15) is 13.7 Å². The number of hydrogen-bond acceptors (Lipinski definition) is 6. The zero-order chi connectivity index (χ0) is 71.8. The van der Waals surface area contributed by atoms with Crippen molar-refractivity contribution in [1.29, 1.82) is 0 Å². The number of allylic oxidation sites excluding steroid dienone is 6. The Bertz CT molecular complexity index is 4940. The molecule has 0 radical (unpaired) electrons. The van der Waals surface area contributed by atoms with E-state index >= 15 is 0 Å². The molecule has 3 atom stereocenters. The fourth-order valence-corrected chi connectivity index (χ4v) is 16.2. The van der Waals surface area contributed by atoms with Crippen LogP contribution in [0.3, 0.4) is 0 Å². The zero-order valence-electron chi connectivity index (χ0n) is 61.8. The number of hydrogen-bond donors (Lipinski definition) is 3. The van der Waals surface area contributed by atoms with E-state index in [2.05, 4.69) is 326 Å². The van der Waals surface area contributed by atoms with E-state index in [1.807, 2.05) is 48.6 Å². The third-order valence-electron chi connectivity index (χ3n) is 21.7. The summed E-state index contributed by atoms with van der Waals surface area (Å²) in [5.74, 6) is 0.930. The van der Waals surface area contributed by atoms with Gasteiger partial charge >= 0.3 is 0 Å². The van der Waals surface area contributed by atoms with Crippen LogP contribution in [0.5, 0.6) is 17.2 Å². The summed E-state index contributed by atoms with van der Waals surface area (Å²) in [7, 11) is 6.45. The van der Waals surface area contributed by atoms with Crippen molar-refractivity contribution >= 4 is 102 Å². The van der Waals surface area contributed by atoms with Crippen LogP contribution in [0, 0.1) is 0 Å². The predicted octanol–water partition coefficient (Wildman–Crippen LogP) is 21.1. The van der Waals surface area contributed by atoms with E-state index in [1.54, 1.807) is 0 Å². The standard InChI is InChI=1S/C33H34N2O.C30H34N2O.C29H32N2O/c1-5-35(6-2)27-19-16-26(30(36)22-27)18-21-31-33(3,23-24-12-8-7-9-13-24)32-28-15-11-10-14-25(28)17-20-29(32)34(31)4;1-6-9-20-30(4)26-18-15-22-12-10-11-13-25(22)29(26)31(5)28(30)19-16-23-14-17-24(21-27(23)33)32(7-2)8-3;1-6-19-29(4)27(18-15-22-13-16-23(20-26(22)32)31(7-2)8-3)30(5)25-17-14-21-11-9-10-12-24(21)28(25)29/h7-22H,5-6,23H2,1-4H3;6,9-19,21H,7-8,20H2,1-5H3;6,9-18,20H,1,7-8,19H2,2-5H3/p+3/b;9-6+;. The number of aromatic hydroxyl groups is 3. The van der Waals surface area contributed by atoms with Gasteiger partial charge in [0.15, 0.2) is 17.1 Å². The molecule has 0 spiro atoms. The number of phenolic OH excluding ortho intramolecular Hbond substituents is 3. The first-order valence-electron chi connectivity index (χ1n) is 36.3. The lowest BCUT2D eigenvalue weighted by molar-refractivity contribution is -0.401. The number of anilines is 3. The molecule has 0 aliphatic carbocycles. The highest BCUT2D eigenvalue weighted by Gasteiger charge is 2.50. The molecule has 3 unspecified atom stereocenters. The van der Waals surface area contributed by atoms with Gasteiger partial charge in [0.05, 0.1) is 21.6 Å². The average molecular weight is 1340 g/mol. The molecule has 0 fully saturated rings. The van der Waals surface area contributed by atoms with Gasteiger partial charge in [0.1, 0.15) is 38.4 Å². The highest BCUT2D eigenvalue weighted by Crippen LogP contribution is 2.50. The molecule has 3 N–H and O–H groups in total. The van der Waals surface area contributed by atoms with Crippen molar-refractivity contribution < 1.29 is 29.0 Å². The average Bonchev–Trinajstić information content (AvgIpc) is 1.59. The maximum atomic E-state index is 10.9. The molecule has 0 aromatic heterocycles. The van der Waals surface area contributed by atoms with Gasteiger partial charge in [-0.25, -0.2) is 0 Å². The molecule has 3 aliphatic rings. The van der Waals surface area contributed by atoms with Crippen LogP contribution in [0.25, 0.3) is 50.5 Å². The van der Waals surface area contributed by atoms with E-state index in [0.717, 1.165) is 92.3 Å². The summed E-state index contributed by atoms with van der Waals surface area (Å²) in [6.45, 7) is 31.4. The minimum Gasteiger partial charge on any atom is -0.507 e. The van der Waals surface area contributed by atoms with Crippen LogP contribution < -0.4 is 14.7 Å². The van der Waals surface area contributed by atoms with Crippen molar-refractivity contribution in [1.82, 2.24) is 0 Å². The van der Waals surface area contributed by atoms with Crippen molar-refractivity contribution in [3.05, 3.63) is 276 Å². The summed E-state index contributed by atoms with van der Waals surface area (Å²) >= 11 is 0. The maximum Gasteiger partial charge on any atom is 0.217 e.